The van der Waals surface area contributed by atoms with E-state index >= 15 is 0 Å². The lowest BCUT2D eigenvalue weighted by molar-refractivity contribution is 0.0946. The summed E-state index contributed by atoms with van der Waals surface area (Å²) in [5.41, 5.74) is 2.82. The van der Waals surface area contributed by atoms with Gasteiger partial charge in [-0.25, -0.2) is 9.97 Å². The Morgan fingerprint density at radius 2 is 1.93 bits per heavy atom. The molecule has 0 saturated carbocycles. The number of halogens is 1. The second-order valence-electron chi connectivity index (χ2n) is 6.65. The normalized spacial score (nSPS) is 10.8. The molecule has 1 amide bonds. The number of nitrogens with one attached hydrogen (secondary N) is 1. The molecule has 2 heterocycles. The van der Waals surface area contributed by atoms with Gasteiger partial charge in [-0.1, -0.05) is 17.7 Å². The lowest BCUT2D eigenvalue weighted by Crippen LogP contribution is -2.25. The molecular formula is C21H21ClN4O2S. The first-order valence-corrected chi connectivity index (χ1v) is 10.3. The number of benzene rings is 1. The Morgan fingerprint density at radius 1 is 1.14 bits per heavy atom. The van der Waals surface area contributed by atoms with Crippen molar-refractivity contribution in [1.29, 1.82) is 0 Å². The highest BCUT2D eigenvalue weighted by Gasteiger charge is 2.14. The Bertz CT molecular complexity index is 1060. The largest absolute Gasteiger partial charge is 0.346 e. The summed E-state index contributed by atoms with van der Waals surface area (Å²) in [4.78, 5) is 38.8. The minimum Gasteiger partial charge on any atom is -0.346 e. The SMILES string of the molecule is Cc1ncc(CCC(=O)c2cnc(CNC(=O)c3cccc(Cl)c3C)c(C)n2)s1. The van der Waals surface area contributed by atoms with E-state index in [0.29, 0.717) is 40.5 Å². The van der Waals surface area contributed by atoms with Gasteiger partial charge in [-0.3, -0.25) is 14.6 Å². The fourth-order valence-corrected chi connectivity index (χ4v) is 3.78. The average molecular weight is 429 g/mol. The van der Waals surface area contributed by atoms with Gasteiger partial charge in [-0.05, 0) is 44.9 Å². The van der Waals surface area contributed by atoms with Crippen LogP contribution in [-0.4, -0.2) is 26.6 Å². The summed E-state index contributed by atoms with van der Waals surface area (Å²) < 4.78 is 0. The number of rotatable bonds is 7. The third-order valence-electron chi connectivity index (χ3n) is 4.53. The van der Waals surface area contributed by atoms with E-state index in [2.05, 4.69) is 20.3 Å². The number of ketones is 1. The molecule has 2 aromatic heterocycles. The van der Waals surface area contributed by atoms with Crippen LogP contribution >= 0.6 is 22.9 Å². The van der Waals surface area contributed by atoms with E-state index in [-0.39, 0.29) is 18.2 Å². The molecule has 0 aliphatic rings. The Morgan fingerprint density at radius 3 is 2.62 bits per heavy atom. The summed E-state index contributed by atoms with van der Waals surface area (Å²) in [6, 6.07) is 5.21. The summed E-state index contributed by atoms with van der Waals surface area (Å²) in [7, 11) is 0. The first-order valence-electron chi connectivity index (χ1n) is 9.15. The number of nitrogens with zero attached hydrogens (tertiary/aromatic N) is 3. The maximum absolute atomic E-state index is 12.4. The number of hydrogen-bond donors (Lipinski definition) is 1. The van der Waals surface area contributed by atoms with Crippen molar-refractivity contribution in [3.05, 3.63) is 73.7 Å². The maximum Gasteiger partial charge on any atom is 0.251 e. The van der Waals surface area contributed by atoms with Crippen molar-refractivity contribution in [2.75, 3.05) is 0 Å². The van der Waals surface area contributed by atoms with Crippen LogP contribution in [0.15, 0.2) is 30.6 Å². The number of carbonyl (C=O) groups excluding carboxylic acids is 2. The van der Waals surface area contributed by atoms with E-state index < -0.39 is 0 Å². The van der Waals surface area contributed by atoms with Gasteiger partial charge in [-0.15, -0.1) is 11.3 Å². The van der Waals surface area contributed by atoms with Crippen molar-refractivity contribution in [2.24, 2.45) is 0 Å². The number of amides is 1. The van der Waals surface area contributed by atoms with Gasteiger partial charge in [0.05, 0.1) is 29.1 Å². The molecule has 0 aliphatic heterocycles. The van der Waals surface area contributed by atoms with E-state index in [1.807, 2.05) is 6.92 Å². The Hall–Kier alpha value is -2.64. The predicted octanol–water partition coefficient (Wildman–Crippen LogP) is 4.26. The van der Waals surface area contributed by atoms with Crippen molar-refractivity contribution >= 4 is 34.6 Å². The van der Waals surface area contributed by atoms with E-state index in [1.54, 1.807) is 49.6 Å². The van der Waals surface area contributed by atoms with Crippen molar-refractivity contribution in [2.45, 2.75) is 40.2 Å². The summed E-state index contributed by atoms with van der Waals surface area (Å²) in [6.45, 7) is 5.74. The van der Waals surface area contributed by atoms with Gasteiger partial charge in [-0.2, -0.15) is 0 Å². The lowest BCUT2D eigenvalue weighted by atomic mass is 10.1. The maximum atomic E-state index is 12.4. The standard InChI is InChI=1S/C21H21ClN4O2S/c1-12-16(5-4-6-17(12)22)21(28)25-10-18-13(2)26-19(11-24-18)20(27)8-7-15-9-23-14(3)29-15/h4-6,9,11H,7-8,10H2,1-3H3,(H,25,28). The Labute approximate surface area is 178 Å². The van der Waals surface area contributed by atoms with Crippen LogP contribution in [0, 0.1) is 20.8 Å². The molecule has 6 nitrogen and oxygen atoms in total. The summed E-state index contributed by atoms with van der Waals surface area (Å²) in [5, 5.41) is 4.37. The van der Waals surface area contributed by atoms with Crippen LogP contribution in [0.25, 0.3) is 0 Å². The zero-order chi connectivity index (χ0) is 21.0. The molecule has 0 saturated heterocycles. The van der Waals surface area contributed by atoms with E-state index in [0.717, 1.165) is 15.4 Å². The summed E-state index contributed by atoms with van der Waals surface area (Å²) in [6.07, 6.45) is 4.28. The van der Waals surface area contributed by atoms with Gasteiger partial charge < -0.3 is 5.32 Å². The second kappa shape index (κ2) is 9.24. The molecule has 0 fully saturated rings. The molecule has 1 N–H and O–H groups in total. The van der Waals surface area contributed by atoms with Gasteiger partial charge in [0.2, 0.25) is 0 Å². The van der Waals surface area contributed by atoms with Crippen molar-refractivity contribution in [3.63, 3.8) is 0 Å². The zero-order valence-electron chi connectivity index (χ0n) is 16.5. The molecule has 3 rings (SSSR count). The van der Waals surface area contributed by atoms with E-state index in [4.69, 9.17) is 11.6 Å². The number of thiazole rings is 1. The molecule has 1 aromatic carbocycles. The second-order valence-corrected chi connectivity index (χ2v) is 8.38. The molecular weight excluding hydrogens is 408 g/mol. The van der Waals surface area contributed by atoms with E-state index in [9.17, 15) is 9.59 Å². The number of aromatic nitrogens is 3. The van der Waals surface area contributed by atoms with Gasteiger partial charge in [0.1, 0.15) is 5.69 Å². The van der Waals surface area contributed by atoms with Crippen LogP contribution < -0.4 is 5.32 Å². The summed E-state index contributed by atoms with van der Waals surface area (Å²) in [5.74, 6) is -0.289. The average Bonchev–Trinajstić information content (AvgIpc) is 3.12. The smallest absolute Gasteiger partial charge is 0.251 e. The molecule has 150 valence electrons. The fourth-order valence-electron chi connectivity index (χ4n) is 2.81. The molecule has 3 aromatic rings. The molecule has 0 atom stereocenters. The van der Waals surface area contributed by atoms with Crippen LogP contribution in [0.3, 0.4) is 0 Å². The third kappa shape index (κ3) is 5.25. The first-order chi connectivity index (χ1) is 13.8. The van der Waals surface area contributed by atoms with Crippen molar-refractivity contribution in [3.8, 4) is 0 Å². The number of hydrogen-bond acceptors (Lipinski definition) is 6. The van der Waals surface area contributed by atoms with Crippen LogP contribution in [0.4, 0.5) is 0 Å². The first kappa shape index (κ1) is 21.1. The van der Waals surface area contributed by atoms with Crippen molar-refractivity contribution < 1.29 is 9.59 Å². The predicted molar refractivity (Wildman–Crippen MR) is 114 cm³/mol. The quantitative estimate of drug-likeness (QED) is 0.568. The number of Topliss-reactive ketones (excluding diaryl/α,β-unsaturated/α-hetero) is 1. The molecule has 0 aliphatic carbocycles. The minimum absolute atomic E-state index is 0.0585. The van der Waals surface area contributed by atoms with Crippen LogP contribution in [0.2, 0.25) is 5.02 Å². The Balaban J connectivity index is 1.61. The zero-order valence-corrected chi connectivity index (χ0v) is 18.0. The number of aryl methyl sites for hydroxylation is 3. The Kier molecular flexibility index (Phi) is 6.71. The molecule has 0 unspecified atom stereocenters. The molecule has 0 spiro atoms. The summed E-state index contributed by atoms with van der Waals surface area (Å²) >= 11 is 7.67. The molecule has 0 bridgehead atoms. The highest BCUT2D eigenvalue weighted by molar-refractivity contribution is 7.11. The molecule has 29 heavy (non-hydrogen) atoms. The third-order valence-corrected chi connectivity index (χ3v) is 5.91. The highest BCUT2D eigenvalue weighted by Crippen LogP contribution is 2.19. The van der Waals surface area contributed by atoms with Gasteiger partial charge >= 0.3 is 0 Å². The molecule has 8 heteroatoms. The highest BCUT2D eigenvalue weighted by atomic mass is 35.5. The van der Waals surface area contributed by atoms with Gasteiger partial charge in [0, 0.05) is 28.1 Å². The van der Waals surface area contributed by atoms with Crippen LogP contribution in [0.5, 0.6) is 0 Å². The molecule has 0 radical (unpaired) electrons. The van der Waals surface area contributed by atoms with Gasteiger partial charge in [0.25, 0.3) is 5.91 Å². The number of carbonyl (C=O) groups is 2. The lowest BCUT2D eigenvalue weighted by Gasteiger charge is -2.10. The van der Waals surface area contributed by atoms with E-state index in [1.165, 1.54) is 6.20 Å². The monoisotopic (exact) mass is 428 g/mol. The van der Waals surface area contributed by atoms with Crippen molar-refractivity contribution in [1.82, 2.24) is 20.3 Å². The van der Waals surface area contributed by atoms with Crippen LogP contribution in [0.1, 0.15) is 54.1 Å². The van der Waals surface area contributed by atoms with Crippen LogP contribution in [-0.2, 0) is 13.0 Å². The van der Waals surface area contributed by atoms with Gasteiger partial charge in [0.15, 0.2) is 5.78 Å². The topological polar surface area (TPSA) is 84.8 Å². The minimum atomic E-state index is -0.230. The fraction of sp³-hybridized carbons (Fsp3) is 0.286.